The zero-order valence-electron chi connectivity index (χ0n) is 20.6. The second-order valence-corrected chi connectivity index (χ2v) is 10.4. The van der Waals surface area contributed by atoms with Gasteiger partial charge in [-0.3, -0.25) is 9.69 Å². The smallest absolute Gasteiger partial charge is 0.312 e. The van der Waals surface area contributed by atoms with E-state index in [0.29, 0.717) is 5.69 Å². The first kappa shape index (κ1) is 23.1. The lowest BCUT2D eigenvalue weighted by Crippen LogP contribution is -2.64. The Bertz CT molecular complexity index is 1100. The van der Waals surface area contributed by atoms with Crippen LogP contribution in [0.5, 0.6) is 0 Å². The van der Waals surface area contributed by atoms with Crippen LogP contribution < -0.4 is 5.43 Å². The van der Waals surface area contributed by atoms with Crippen LogP contribution in [0.15, 0.2) is 48.5 Å². The van der Waals surface area contributed by atoms with E-state index in [4.69, 9.17) is 0 Å². The normalized spacial score (nSPS) is 19.1. The summed E-state index contributed by atoms with van der Waals surface area (Å²) in [6.45, 7) is 8.67. The zero-order valence-corrected chi connectivity index (χ0v) is 20.6. The third-order valence-electron chi connectivity index (χ3n) is 7.83. The number of hydrogen-bond donors (Lipinski definition) is 2. The second kappa shape index (κ2) is 10.3. The third kappa shape index (κ3) is 5.21. The fourth-order valence-corrected chi connectivity index (χ4v) is 5.74. The fourth-order valence-electron chi connectivity index (χ4n) is 5.74. The van der Waals surface area contributed by atoms with Crippen LogP contribution in [-0.2, 0) is 0 Å². The van der Waals surface area contributed by atoms with Crippen molar-refractivity contribution in [1.29, 1.82) is 0 Å². The van der Waals surface area contributed by atoms with E-state index < -0.39 is 0 Å². The molecule has 2 aliphatic rings. The predicted octanol–water partition coefficient (Wildman–Crippen LogP) is 5.66. The van der Waals surface area contributed by atoms with Crippen LogP contribution in [-0.4, -0.2) is 59.7 Å². The van der Waals surface area contributed by atoms with Gasteiger partial charge in [-0.25, -0.2) is 4.59 Å². The first-order valence-corrected chi connectivity index (χ1v) is 13.2. The number of rotatable bonds is 6. The van der Waals surface area contributed by atoms with E-state index in [-0.39, 0.29) is 5.91 Å². The Morgan fingerprint density at radius 1 is 0.941 bits per heavy atom. The molecule has 34 heavy (non-hydrogen) atoms. The van der Waals surface area contributed by atoms with Gasteiger partial charge in [0.25, 0.3) is 0 Å². The van der Waals surface area contributed by atoms with Crippen LogP contribution in [0, 0.1) is 6.92 Å². The summed E-state index contributed by atoms with van der Waals surface area (Å²) in [6, 6.07) is 16.9. The number of piperidine rings is 1. The molecule has 0 atom stereocenters. The van der Waals surface area contributed by atoms with Gasteiger partial charge in [-0.15, -0.1) is 0 Å². The molecule has 2 N–H and O–H groups in total. The first-order valence-electron chi connectivity index (χ1n) is 13.2. The lowest BCUT2D eigenvalue weighted by molar-refractivity contribution is -0.964. The summed E-state index contributed by atoms with van der Waals surface area (Å²) in [5.41, 5.74) is 8.74. The molecule has 2 fully saturated rings. The molecule has 5 nitrogen and oxygen atoms in total. The Morgan fingerprint density at radius 3 is 2.38 bits per heavy atom. The first-order chi connectivity index (χ1) is 16.6. The van der Waals surface area contributed by atoms with Crippen molar-refractivity contribution in [3.8, 4) is 11.1 Å². The summed E-state index contributed by atoms with van der Waals surface area (Å²) in [6.07, 6.45) is 8.98. The van der Waals surface area contributed by atoms with Crippen molar-refractivity contribution in [2.45, 2.75) is 51.9 Å². The molecule has 0 bridgehead atoms. The van der Waals surface area contributed by atoms with Crippen molar-refractivity contribution in [3.05, 3.63) is 59.8 Å². The molecule has 3 heterocycles. The SMILES string of the molecule is Cc1ccc(-c2cccc3[nH]c(C(=O)N[N+]4(CCN5CCCCCC5)CCCCC4)cc23)cc1. The van der Waals surface area contributed by atoms with E-state index in [1.165, 1.54) is 69.2 Å². The monoisotopic (exact) mass is 459 g/mol. The van der Waals surface area contributed by atoms with Crippen LogP contribution >= 0.6 is 0 Å². The third-order valence-corrected chi connectivity index (χ3v) is 7.83. The maximum Gasteiger partial charge on any atom is 0.312 e. The Kier molecular flexibility index (Phi) is 7.02. The van der Waals surface area contributed by atoms with Crippen LogP contribution in [0.3, 0.4) is 0 Å². The highest BCUT2D eigenvalue weighted by atomic mass is 16.2. The summed E-state index contributed by atoms with van der Waals surface area (Å²) in [5.74, 6) is 0.0174. The number of aromatic nitrogens is 1. The number of fused-ring (bicyclic) bond motifs is 1. The van der Waals surface area contributed by atoms with E-state index >= 15 is 0 Å². The van der Waals surface area contributed by atoms with Gasteiger partial charge >= 0.3 is 5.91 Å². The fraction of sp³-hybridized carbons (Fsp3) is 0.483. The number of nitrogens with zero attached hydrogens (tertiary/aromatic N) is 2. The Labute approximate surface area is 203 Å². The van der Waals surface area contributed by atoms with Gasteiger partial charge in [0.15, 0.2) is 0 Å². The minimum Gasteiger partial charge on any atom is -0.350 e. The van der Waals surface area contributed by atoms with E-state index in [1.807, 2.05) is 6.07 Å². The maximum atomic E-state index is 13.5. The average molecular weight is 460 g/mol. The van der Waals surface area contributed by atoms with Crippen molar-refractivity contribution in [2.24, 2.45) is 0 Å². The minimum absolute atomic E-state index is 0.0174. The molecule has 0 radical (unpaired) electrons. The van der Waals surface area contributed by atoms with Gasteiger partial charge in [-0.05, 0) is 75.4 Å². The van der Waals surface area contributed by atoms with Crippen LogP contribution in [0.2, 0.25) is 0 Å². The summed E-state index contributed by atoms with van der Waals surface area (Å²) in [5, 5.41) is 1.10. The predicted molar refractivity (Wildman–Crippen MR) is 140 cm³/mol. The maximum absolute atomic E-state index is 13.5. The number of carbonyl (C=O) groups excluding carboxylic acids is 1. The molecule has 0 spiro atoms. The number of likely N-dealkylation sites (tertiary alicyclic amines) is 2. The highest BCUT2D eigenvalue weighted by molar-refractivity contribution is 6.02. The molecule has 0 unspecified atom stereocenters. The number of quaternary nitrogens is 1. The van der Waals surface area contributed by atoms with Gasteiger partial charge < -0.3 is 4.98 Å². The summed E-state index contributed by atoms with van der Waals surface area (Å²) in [7, 11) is 0. The molecule has 0 saturated carbocycles. The number of H-pyrrole nitrogens is 1. The number of nitrogens with one attached hydrogen (secondary N) is 2. The van der Waals surface area contributed by atoms with Gasteiger partial charge in [0.1, 0.15) is 25.3 Å². The van der Waals surface area contributed by atoms with Gasteiger partial charge in [-0.1, -0.05) is 54.8 Å². The van der Waals surface area contributed by atoms with Crippen molar-refractivity contribution in [1.82, 2.24) is 15.3 Å². The van der Waals surface area contributed by atoms with Crippen LogP contribution in [0.1, 0.15) is 61.0 Å². The molecule has 5 rings (SSSR count). The van der Waals surface area contributed by atoms with Gasteiger partial charge in [0, 0.05) is 17.4 Å². The molecule has 2 aromatic carbocycles. The molecule has 0 aliphatic carbocycles. The lowest BCUT2D eigenvalue weighted by Gasteiger charge is -2.41. The quantitative estimate of drug-likeness (QED) is 0.467. The number of carbonyl (C=O) groups is 1. The Balaban J connectivity index is 1.35. The average Bonchev–Trinajstić information content (AvgIpc) is 3.13. The van der Waals surface area contributed by atoms with Crippen LogP contribution in [0.25, 0.3) is 22.0 Å². The van der Waals surface area contributed by atoms with Gasteiger partial charge in [0.2, 0.25) is 0 Å². The Morgan fingerprint density at radius 2 is 1.65 bits per heavy atom. The number of amides is 1. The summed E-state index contributed by atoms with van der Waals surface area (Å²) in [4.78, 5) is 19.5. The highest BCUT2D eigenvalue weighted by Gasteiger charge is 2.33. The van der Waals surface area contributed by atoms with Crippen molar-refractivity contribution >= 4 is 16.8 Å². The van der Waals surface area contributed by atoms with Crippen molar-refractivity contribution in [3.63, 3.8) is 0 Å². The molecule has 2 saturated heterocycles. The molecule has 5 heteroatoms. The minimum atomic E-state index is 0.0174. The standard InChI is InChI=1S/C29H38N4O/c1-23-12-14-24(15-13-23)25-10-9-11-27-26(25)22-28(30-27)29(34)31-33(19-7-4-8-20-33)21-18-32-16-5-2-3-6-17-32/h9-15,22H,2-8,16-21H2,1H3,(H-,30,31,34)/p+1. The largest absolute Gasteiger partial charge is 0.350 e. The zero-order chi connectivity index (χ0) is 23.4. The second-order valence-electron chi connectivity index (χ2n) is 10.4. The van der Waals surface area contributed by atoms with Crippen LogP contribution in [0.4, 0.5) is 0 Å². The number of hydrogen-bond acceptors (Lipinski definition) is 2. The molecule has 180 valence electrons. The van der Waals surface area contributed by atoms with E-state index in [2.05, 4.69) is 64.7 Å². The molecule has 2 aliphatic heterocycles. The Hall–Kier alpha value is -2.63. The van der Waals surface area contributed by atoms with Crippen molar-refractivity contribution in [2.75, 3.05) is 39.3 Å². The number of benzene rings is 2. The van der Waals surface area contributed by atoms with E-state index in [1.54, 1.807) is 0 Å². The molecular formula is C29H39N4O+. The number of aryl methyl sites for hydroxylation is 1. The van der Waals surface area contributed by atoms with E-state index in [0.717, 1.165) is 47.2 Å². The molecule has 3 aromatic rings. The van der Waals surface area contributed by atoms with Crippen molar-refractivity contribution < 1.29 is 9.39 Å². The summed E-state index contributed by atoms with van der Waals surface area (Å²) >= 11 is 0. The molecule has 1 amide bonds. The van der Waals surface area contributed by atoms with E-state index in [9.17, 15) is 4.79 Å². The topological polar surface area (TPSA) is 48.1 Å². The van der Waals surface area contributed by atoms with Gasteiger partial charge in [0.05, 0.1) is 0 Å². The number of aromatic amines is 1. The molecular weight excluding hydrogens is 420 g/mol. The van der Waals surface area contributed by atoms with Gasteiger partial charge in [-0.2, -0.15) is 5.43 Å². The lowest BCUT2D eigenvalue weighted by atomic mass is 10.0. The summed E-state index contributed by atoms with van der Waals surface area (Å²) < 4.78 is 0.718. The molecule has 1 aromatic heterocycles. The highest BCUT2D eigenvalue weighted by Crippen LogP contribution is 2.30.